The van der Waals surface area contributed by atoms with E-state index < -0.39 is 0 Å². The average Bonchev–Trinajstić information content (AvgIpc) is 2.67. The summed E-state index contributed by atoms with van der Waals surface area (Å²) >= 11 is 0. The van der Waals surface area contributed by atoms with Gasteiger partial charge in [0, 0.05) is 23.4 Å². The highest BCUT2D eigenvalue weighted by molar-refractivity contribution is 7.48. The first-order chi connectivity index (χ1) is 13.4. The van der Waals surface area contributed by atoms with Crippen molar-refractivity contribution in [2.45, 2.75) is 59.0 Å². The second-order valence-corrected chi connectivity index (χ2v) is 9.21. The minimum atomic E-state index is -0.0662. The predicted octanol–water partition coefficient (Wildman–Crippen LogP) is 5.90. The summed E-state index contributed by atoms with van der Waals surface area (Å²) in [6.45, 7) is 10.5. The lowest BCUT2D eigenvalue weighted by Gasteiger charge is -2.35. The number of rotatable bonds is 10. The van der Waals surface area contributed by atoms with Gasteiger partial charge in [-0.25, -0.2) is 0 Å². The molecule has 0 aliphatic carbocycles. The number of ether oxygens (including phenoxy) is 2. The van der Waals surface area contributed by atoms with E-state index in [4.69, 9.17) is 9.47 Å². The summed E-state index contributed by atoms with van der Waals surface area (Å²) in [5, 5.41) is 1.08. The fourth-order valence-corrected chi connectivity index (χ4v) is 5.68. The molecule has 0 saturated heterocycles. The number of hydrogen-bond donors (Lipinski definition) is 0. The lowest BCUT2D eigenvalue weighted by molar-refractivity contribution is 0.0499. The zero-order chi connectivity index (χ0) is 20.7. The molecule has 152 valence electrons. The molecule has 0 N–H and O–H groups in total. The van der Waals surface area contributed by atoms with Crippen molar-refractivity contribution in [2.75, 3.05) is 13.9 Å². The first kappa shape index (κ1) is 22.6. The second-order valence-electron chi connectivity index (χ2n) is 7.47. The molecule has 0 heterocycles. The number of benzene rings is 2. The van der Waals surface area contributed by atoms with E-state index in [9.17, 15) is 4.79 Å². The molecule has 0 aliphatic rings. The van der Waals surface area contributed by atoms with E-state index in [0.29, 0.717) is 8.58 Å². The zero-order valence-corrected chi connectivity index (χ0v) is 19.0. The summed E-state index contributed by atoms with van der Waals surface area (Å²) in [6, 6.07) is 12.6. The highest BCUT2D eigenvalue weighted by Crippen LogP contribution is 2.51. The van der Waals surface area contributed by atoms with E-state index in [1.807, 2.05) is 13.0 Å². The van der Waals surface area contributed by atoms with Crippen LogP contribution >= 0.6 is 8.58 Å². The monoisotopic (exact) mass is 400 g/mol. The SMILES string of the molecule is CCCC(CC)(Pc1ccc(C)cc1C(C)=O)c1cc(C)ccc1OCOC. The molecule has 0 spiro atoms. The van der Waals surface area contributed by atoms with E-state index in [-0.39, 0.29) is 17.7 Å². The van der Waals surface area contributed by atoms with E-state index in [0.717, 1.165) is 41.4 Å². The molecular weight excluding hydrogens is 367 g/mol. The van der Waals surface area contributed by atoms with Crippen LogP contribution in [-0.2, 0) is 9.89 Å². The van der Waals surface area contributed by atoms with Gasteiger partial charge in [-0.2, -0.15) is 0 Å². The quantitative estimate of drug-likeness (QED) is 0.283. The maximum Gasteiger partial charge on any atom is 0.188 e. The summed E-state index contributed by atoms with van der Waals surface area (Å²) in [4.78, 5) is 12.3. The Bertz CT molecular complexity index is 815. The van der Waals surface area contributed by atoms with Gasteiger partial charge in [0.15, 0.2) is 12.6 Å². The molecular formula is C24H33O3P. The van der Waals surface area contributed by atoms with Gasteiger partial charge >= 0.3 is 0 Å². The van der Waals surface area contributed by atoms with Gasteiger partial charge in [0.1, 0.15) is 5.75 Å². The molecule has 0 fully saturated rings. The van der Waals surface area contributed by atoms with Crippen molar-refractivity contribution in [2.24, 2.45) is 0 Å². The highest BCUT2D eigenvalue weighted by Gasteiger charge is 2.34. The summed E-state index contributed by atoms with van der Waals surface area (Å²) in [6.07, 6.45) is 3.09. The molecule has 0 aromatic heterocycles. The van der Waals surface area contributed by atoms with Crippen LogP contribution in [0.3, 0.4) is 0 Å². The third kappa shape index (κ3) is 5.21. The van der Waals surface area contributed by atoms with Crippen LogP contribution in [0.2, 0.25) is 0 Å². The molecule has 0 saturated carbocycles. The Kier molecular flexibility index (Phi) is 8.22. The van der Waals surface area contributed by atoms with Gasteiger partial charge in [-0.1, -0.05) is 64.2 Å². The maximum atomic E-state index is 12.3. The van der Waals surface area contributed by atoms with Crippen LogP contribution in [0, 0.1) is 13.8 Å². The molecule has 0 aliphatic heterocycles. The van der Waals surface area contributed by atoms with Crippen molar-refractivity contribution in [3.05, 3.63) is 58.7 Å². The minimum Gasteiger partial charge on any atom is -0.467 e. The Hall–Kier alpha value is -1.70. The maximum absolute atomic E-state index is 12.3. The Morgan fingerprint density at radius 3 is 2.36 bits per heavy atom. The first-order valence-corrected chi connectivity index (χ1v) is 11.0. The van der Waals surface area contributed by atoms with Crippen molar-refractivity contribution >= 4 is 19.7 Å². The van der Waals surface area contributed by atoms with Gasteiger partial charge in [0.05, 0.1) is 0 Å². The molecule has 0 amide bonds. The van der Waals surface area contributed by atoms with Gasteiger partial charge in [-0.15, -0.1) is 0 Å². The normalized spacial score (nSPS) is 13.6. The number of hydrogen-bond acceptors (Lipinski definition) is 3. The molecule has 2 unspecified atom stereocenters. The minimum absolute atomic E-state index is 0.0662. The molecule has 0 radical (unpaired) electrons. The number of ketones is 1. The molecule has 2 aromatic rings. The van der Waals surface area contributed by atoms with Crippen LogP contribution in [0.1, 0.15) is 67.1 Å². The van der Waals surface area contributed by atoms with Crippen LogP contribution in [0.4, 0.5) is 0 Å². The Labute approximate surface area is 171 Å². The van der Waals surface area contributed by atoms with Crippen molar-refractivity contribution < 1.29 is 14.3 Å². The zero-order valence-electron chi connectivity index (χ0n) is 18.0. The topological polar surface area (TPSA) is 35.5 Å². The molecule has 28 heavy (non-hydrogen) atoms. The second kappa shape index (κ2) is 10.2. The average molecular weight is 400 g/mol. The number of aryl methyl sites for hydroxylation is 2. The lowest BCUT2D eigenvalue weighted by Crippen LogP contribution is -2.25. The fraction of sp³-hybridized carbons (Fsp3) is 0.458. The third-order valence-corrected chi connectivity index (χ3v) is 7.25. The van der Waals surface area contributed by atoms with E-state index >= 15 is 0 Å². The molecule has 4 heteroatoms. The van der Waals surface area contributed by atoms with Gasteiger partial charge in [-0.05, 0) is 51.1 Å². The summed E-state index contributed by atoms with van der Waals surface area (Å²) in [5.41, 5.74) is 4.41. The third-order valence-electron chi connectivity index (χ3n) is 5.19. The number of methoxy groups -OCH3 is 1. The highest BCUT2D eigenvalue weighted by atomic mass is 31.1. The molecule has 0 bridgehead atoms. The molecule has 2 atom stereocenters. The van der Waals surface area contributed by atoms with E-state index in [1.165, 1.54) is 11.1 Å². The van der Waals surface area contributed by atoms with E-state index in [1.54, 1.807) is 14.0 Å². The predicted molar refractivity (Wildman–Crippen MR) is 120 cm³/mol. The number of carbonyl (C=O) groups excluding carboxylic acids is 1. The summed E-state index contributed by atoms with van der Waals surface area (Å²) < 4.78 is 11.1. The van der Waals surface area contributed by atoms with Gasteiger partial charge in [-0.3, -0.25) is 4.79 Å². The van der Waals surface area contributed by atoms with Crippen molar-refractivity contribution in [1.82, 2.24) is 0 Å². The van der Waals surface area contributed by atoms with Crippen LogP contribution in [0.15, 0.2) is 36.4 Å². The van der Waals surface area contributed by atoms with E-state index in [2.05, 4.69) is 51.1 Å². The number of carbonyl (C=O) groups is 1. The van der Waals surface area contributed by atoms with Crippen molar-refractivity contribution in [1.29, 1.82) is 0 Å². The van der Waals surface area contributed by atoms with Crippen LogP contribution < -0.4 is 10.0 Å². The molecule has 3 nitrogen and oxygen atoms in total. The van der Waals surface area contributed by atoms with Crippen LogP contribution in [0.5, 0.6) is 5.75 Å². The Balaban J connectivity index is 2.60. The van der Waals surface area contributed by atoms with Gasteiger partial charge in [0.25, 0.3) is 0 Å². The number of Topliss-reactive ketones (excluding diaryl/α,β-unsaturated/α-hetero) is 1. The fourth-order valence-electron chi connectivity index (χ4n) is 3.73. The van der Waals surface area contributed by atoms with Gasteiger partial charge < -0.3 is 9.47 Å². The largest absolute Gasteiger partial charge is 0.467 e. The molecule has 2 rings (SSSR count). The smallest absolute Gasteiger partial charge is 0.188 e. The lowest BCUT2D eigenvalue weighted by atomic mass is 9.89. The first-order valence-electron chi connectivity index (χ1n) is 9.99. The van der Waals surface area contributed by atoms with Crippen LogP contribution in [0.25, 0.3) is 0 Å². The molecule has 2 aromatic carbocycles. The Morgan fingerprint density at radius 2 is 1.75 bits per heavy atom. The Morgan fingerprint density at radius 1 is 1.07 bits per heavy atom. The standard InChI is InChI=1S/C24H33O3P/c1-7-13-24(8-2,21-15-18(4)9-11-22(21)27-16-26-6)28-23-12-10-17(3)14-20(23)19(5)25/h9-12,14-15,28H,7-8,13,16H2,1-6H3. The summed E-state index contributed by atoms with van der Waals surface area (Å²) in [7, 11) is 2.13. The van der Waals surface area contributed by atoms with Crippen molar-refractivity contribution in [3.63, 3.8) is 0 Å². The van der Waals surface area contributed by atoms with Crippen molar-refractivity contribution in [3.8, 4) is 5.75 Å². The summed E-state index contributed by atoms with van der Waals surface area (Å²) in [5.74, 6) is 1.01. The van der Waals surface area contributed by atoms with Gasteiger partial charge in [0.2, 0.25) is 0 Å². The van der Waals surface area contributed by atoms with Crippen LogP contribution in [-0.4, -0.2) is 19.7 Å².